The smallest absolute Gasteiger partial charge is 0.178 e. The van der Waals surface area contributed by atoms with Gasteiger partial charge < -0.3 is 32.3 Å². The summed E-state index contributed by atoms with van der Waals surface area (Å²) in [6.45, 7) is 10.9. The molecule has 9 nitrogen and oxygen atoms in total. The molecule has 47 heavy (non-hydrogen) atoms. The monoisotopic (exact) mass is 677 g/mol. The van der Waals surface area contributed by atoms with Gasteiger partial charge in [0, 0.05) is 29.7 Å². The summed E-state index contributed by atoms with van der Waals surface area (Å²) in [6.07, 6.45) is 10.5. The van der Waals surface area contributed by atoms with E-state index in [-0.39, 0.29) is 35.6 Å². The number of nitrogens with zero attached hydrogens (tertiary/aromatic N) is 1. The first kappa shape index (κ1) is 38.2. The third-order valence-corrected chi connectivity index (χ3v) is 13.0. The Balaban J connectivity index is 1.20. The van der Waals surface area contributed by atoms with Gasteiger partial charge in [-0.15, -0.1) is 0 Å². The van der Waals surface area contributed by atoms with Gasteiger partial charge in [-0.1, -0.05) is 25.5 Å². The van der Waals surface area contributed by atoms with E-state index in [0.717, 1.165) is 70.4 Å². The summed E-state index contributed by atoms with van der Waals surface area (Å²) in [4.78, 5) is 30.4. The van der Waals surface area contributed by atoms with Crippen LogP contribution in [0, 0.1) is 28.6 Å². The lowest BCUT2D eigenvalue weighted by Crippen LogP contribution is -2.69. The third-order valence-electron chi connectivity index (χ3n) is 11.9. The van der Waals surface area contributed by atoms with Crippen molar-refractivity contribution in [2.45, 2.75) is 102 Å². The molecule has 4 aliphatic carbocycles. The van der Waals surface area contributed by atoms with Crippen LogP contribution < -0.4 is 22.1 Å². The number of alkyl halides is 1. The Morgan fingerprint density at radius 3 is 2.49 bits per heavy atom. The molecule has 0 bridgehead atoms. The van der Waals surface area contributed by atoms with Crippen molar-refractivity contribution in [3.63, 3.8) is 0 Å². The Kier molecular flexibility index (Phi) is 13.3. The van der Waals surface area contributed by atoms with Crippen molar-refractivity contribution in [3.05, 3.63) is 23.8 Å². The summed E-state index contributed by atoms with van der Waals surface area (Å²) >= 11 is 1.49. The van der Waals surface area contributed by atoms with Crippen LogP contribution in [-0.2, 0) is 9.59 Å². The molecule has 0 aromatic carbocycles. The fraction of sp³-hybridized carbons (Fsp3) is 0.806. The molecule has 0 heterocycles. The molecule has 0 radical (unpaired) electrons. The summed E-state index contributed by atoms with van der Waals surface area (Å²) in [5, 5.41) is 30.5. The predicted octanol–water partition coefficient (Wildman–Crippen LogP) is 3.47. The Morgan fingerprint density at radius 2 is 1.79 bits per heavy atom. The van der Waals surface area contributed by atoms with Gasteiger partial charge in [0.2, 0.25) is 0 Å². The number of carbonyl (C=O) groups excluding carboxylic acids is 2. The molecule has 4 rings (SSSR count). The van der Waals surface area contributed by atoms with Gasteiger partial charge in [-0.05, 0) is 127 Å². The molecular formula is C36H60FN5O4S. The number of carbonyl (C=O) groups is 2. The number of rotatable bonds is 19. The van der Waals surface area contributed by atoms with E-state index in [2.05, 4.69) is 15.6 Å². The van der Waals surface area contributed by atoms with E-state index in [9.17, 15) is 19.8 Å². The van der Waals surface area contributed by atoms with Crippen molar-refractivity contribution in [2.24, 2.45) is 45.0 Å². The van der Waals surface area contributed by atoms with Gasteiger partial charge >= 0.3 is 0 Å². The van der Waals surface area contributed by atoms with Crippen LogP contribution in [-0.4, -0.2) is 95.8 Å². The van der Waals surface area contributed by atoms with Crippen LogP contribution in [0.3, 0.4) is 0 Å². The molecule has 3 fully saturated rings. The molecule has 0 aliphatic heterocycles. The third kappa shape index (κ3) is 7.60. The minimum atomic E-state index is -1.97. The summed E-state index contributed by atoms with van der Waals surface area (Å²) in [5.41, 5.74) is 6.71. The van der Waals surface area contributed by atoms with Gasteiger partial charge in [-0.2, -0.15) is 11.8 Å². The topological polar surface area (TPSA) is 163 Å². The molecule has 0 spiro atoms. The van der Waals surface area contributed by atoms with Gasteiger partial charge in [-0.3, -0.25) is 14.6 Å². The van der Waals surface area contributed by atoms with Crippen molar-refractivity contribution in [1.82, 2.24) is 10.6 Å². The highest BCUT2D eigenvalue weighted by Gasteiger charge is 2.75. The van der Waals surface area contributed by atoms with Crippen molar-refractivity contribution < 1.29 is 24.2 Å². The number of hydrogen-bond acceptors (Lipinski definition) is 9. The van der Waals surface area contributed by atoms with Crippen LogP contribution in [0.1, 0.15) is 85.0 Å². The van der Waals surface area contributed by atoms with Gasteiger partial charge in [0.1, 0.15) is 5.60 Å². The summed E-state index contributed by atoms with van der Waals surface area (Å²) in [6, 6.07) is 0. The van der Waals surface area contributed by atoms with Gasteiger partial charge in [-0.25, -0.2) is 4.39 Å². The molecule has 8 N–H and O–H groups in total. The minimum absolute atomic E-state index is 0.00218. The van der Waals surface area contributed by atoms with Crippen LogP contribution in [0.2, 0.25) is 0 Å². The minimum Gasteiger partial charge on any atom is -0.390 e. The van der Waals surface area contributed by atoms with Crippen LogP contribution in [0.4, 0.5) is 4.39 Å². The fourth-order valence-electron chi connectivity index (χ4n) is 9.25. The molecule has 11 heteroatoms. The van der Waals surface area contributed by atoms with E-state index in [4.69, 9.17) is 11.5 Å². The molecule has 0 aromatic heterocycles. The summed E-state index contributed by atoms with van der Waals surface area (Å²) in [5.74, 6) is -0.0137. The first-order chi connectivity index (χ1) is 22.4. The number of aliphatic hydroxyl groups excluding tert-OH is 1. The molecule has 4 aliphatic rings. The lowest BCUT2D eigenvalue weighted by molar-refractivity contribution is -0.218. The highest BCUT2D eigenvalue weighted by atomic mass is 32.2. The Morgan fingerprint density at radius 1 is 1.11 bits per heavy atom. The van der Waals surface area contributed by atoms with Crippen LogP contribution in [0.5, 0.6) is 0 Å². The average Bonchev–Trinajstić information content (AvgIpc) is 3.23. The van der Waals surface area contributed by atoms with E-state index in [1.807, 2.05) is 13.8 Å². The number of hydrogen-bond donors (Lipinski definition) is 6. The normalized spacial score (nSPS) is 36.5. The molecule has 266 valence electrons. The Labute approximate surface area is 285 Å². The number of nitrogens with one attached hydrogen (secondary N) is 2. The number of nitrogens with two attached hydrogens (primary N) is 2. The van der Waals surface area contributed by atoms with Gasteiger partial charge in [0.15, 0.2) is 17.2 Å². The molecular weight excluding hydrogens is 617 g/mol. The zero-order chi connectivity index (χ0) is 34.3. The standard InChI is InChI=1S/C36H60FN5O4S/c1-25-21-29-28-11-10-26-22-27(43)12-13-33(26,2)35(28,37)30(44)23-34(29,3)36(25,46)31(45)24-47-20-6-9-32(39)42-19-8-18-41-16-5-4-15-40-17-7-14-38/h12-13,22,25,28-30,40-41,44,46H,4-11,14-21,23-24,38H2,1-3H3,(H2,39,42)/t25-,28?,29?,30+,33+,34+,35+,36+/m1/s1. The lowest BCUT2D eigenvalue weighted by atomic mass is 9.44. The fourth-order valence-corrected chi connectivity index (χ4v) is 10.2. The number of allylic oxidation sites excluding steroid dienone is 4. The van der Waals surface area contributed by atoms with Crippen LogP contribution >= 0.6 is 11.8 Å². The highest BCUT2D eigenvalue weighted by Crippen LogP contribution is 2.70. The number of ketones is 2. The first-order valence-corrected chi connectivity index (χ1v) is 19.1. The lowest BCUT2D eigenvalue weighted by Gasteiger charge is -2.62. The second-order valence-corrected chi connectivity index (χ2v) is 15.9. The van der Waals surface area contributed by atoms with Crippen molar-refractivity contribution in [3.8, 4) is 0 Å². The SMILES string of the molecule is C[C@@H]1CC2C3CCC4=CC(=O)C=C[C@]4(C)[C@@]3(F)[C@@H](O)C[C@]2(C)[C@@]1(O)C(=O)CSCCCC(N)=NCCCNCCCCNCCCN. The van der Waals surface area contributed by atoms with Gasteiger partial charge in [0.05, 0.1) is 17.7 Å². The Bertz CT molecular complexity index is 1200. The predicted molar refractivity (Wildman–Crippen MR) is 189 cm³/mol. The Hall–Kier alpha value is -1.63. The van der Waals surface area contributed by atoms with Crippen molar-refractivity contribution in [2.75, 3.05) is 50.8 Å². The number of aliphatic hydroxyl groups is 2. The molecule has 0 amide bonds. The van der Waals surface area contributed by atoms with E-state index < -0.39 is 34.1 Å². The van der Waals surface area contributed by atoms with Gasteiger partial charge in [0.25, 0.3) is 0 Å². The number of aliphatic imine (C=N–C) groups is 1. The molecule has 3 saturated carbocycles. The highest BCUT2D eigenvalue weighted by molar-refractivity contribution is 7.99. The quantitative estimate of drug-likeness (QED) is 0.0683. The maximum atomic E-state index is 17.4. The van der Waals surface area contributed by atoms with Crippen LogP contribution in [0.15, 0.2) is 28.8 Å². The maximum absolute atomic E-state index is 17.4. The van der Waals surface area contributed by atoms with Crippen molar-refractivity contribution >= 4 is 29.2 Å². The largest absolute Gasteiger partial charge is 0.390 e. The second-order valence-electron chi connectivity index (χ2n) is 14.8. The van der Waals surface area contributed by atoms with Crippen LogP contribution in [0.25, 0.3) is 0 Å². The van der Waals surface area contributed by atoms with E-state index in [1.54, 1.807) is 13.0 Å². The zero-order valence-corrected chi connectivity index (χ0v) is 29.7. The average molecular weight is 678 g/mol. The maximum Gasteiger partial charge on any atom is 0.178 e. The second kappa shape index (κ2) is 16.4. The number of fused-ring (bicyclic) bond motifs is 5. The number of halogens is 1. The number of amidine groups is 1. The number of Topliss-reactive ketones (excluding diaryl/α,β-unsaturated/α-hetero) is 1. The zero-order valence-electron chi connectivity index (χ0n) is 28.9. The summed E-state index contributed by atoms with van der Waals surface area (Å²) < 4.78 is 17.4. The molecule has 0 aromatic rings. The van der Waals surface area contributed by atoms with Crippen molar-refractivity contribution in [1.29, 1.82) is 0 Å². The summed E-state index contributed by atoms with van der Waals surface area (Å²) in [7, 11) is 0. The first-order valence-electron chi connectivity index (χ1n) is 17.9. The number of unbranched alkanes of at least 4 members (excludes halogenated alkanes) is 1. The molecule has 2 unspecified atom stereocenters. The number of thioether (sulfide) groups is 1. The molecule has 0 saturated heterocycles. The molecule has 8 atom stereocenters. The van der Waals surface area contributed by atoms with E-state index in [0.29, 0.717) is 43.8 Å². The van der Waals surface area contributed by atoms with E-state index >= 15 is 4.39 Å². The van der Waals surface area contributed by atoms with E-state index in [1.165, 1.54) is 23.9 Å².